The maximum absolute atomic E-state index is 11.2. The van der Waals surface area contributed by atoms with Gasteiger partial charge in [-0.2, -0.15) is 0 Å². The Balaban J connectivity index is 3.93. The lowest BCUT2D eigenvalue weighted by Gasteiger charge is -2.08. The first-order valence-corrected chi connectivity index (χ1v) is 4.84. The Kier molecular flexibility index (Phi) is 3.83. The van der Waals surface area contributed by atoms with Crippen LogP contribution < -0.4 is 0 Å². The van der Waals surface area contributed by atoms with Crippen molar-refractivity contribution in [1.29, 1.82) is 0 Å². The summed E-state index contributed by atoms with van der Waals surface area (Å²) in [5, 5.41) is 0. The number of rotatable bonds is 4. The summed E-state index contributed by atoms with van der Waals surface area (Å²) in [6, 6.07) is 0. The molecule has 1 atom stereocenters. The Morgan fingerprint density at radius 3 is 2.44 bits per heavy atom. The van der Waals surface area contributed by atoms with Crippen molar-refractivity contribution in [2.45, 2.75) is 13.3 Å². The molecule has 0 aromatic rings. The molecular formula is C6H13O2P. The molecule has 54 valence electrons. The number of hydrogen-bond acceptors (Lipinski definition) is 2. The van der Waals surface area contributed by atoms with Crippen LogP contribution in [0, 0.1) is 0 Å². The molecule has 0 saturated carbocycles. The summed E-state index contributed by atoms with van der Waals surface area (Å²) in [7, 11) is -0.961. The predicted octanol–water partition coefficient (Wildman–Crippen LogP) is 2.46. The van der Waals surface area contributed by atoms with Crippen LogP contribution in [0.25, 0.3) is 0 Å². The minimum atomic E-state index is -2.42. The fourth-order valence-corrected chi connectivity index (χ4v) is 1.71. The van der Waals surface area contributed by atoms with E-state index < -0.39 is 7.37 Å². The average Bonchev–Trinajstić information content (AvgIpc) is 1.89. The van der Waals surface area contributed by atoms with Gasteiger partial charge in [0.1, 0.15) is 0 Å². The summed E-state index contributed by atoms with van der Waals surface area (Å²) in [5.74, 6) is 1.41. The molecule has 0 aliphatic rings. The lowest BCUT2D eigenvalue weighted by molar-refractivity contribution is 0.401. The molecule has 0 aromatic carbocycles. The highest BCUT2D eigenvalue weighted by Crippen LogP contribution is 2.47. The molecular weight excluding hydrogens is 135 g/mol. The van der Waals surface area contributed by atoms with Gasteiger partial charge in [-0.3, -0.25) is 4.57 Å². The molecule has 0 heterocycles. The van der Waals surface area contributed by atoms with Gasteiger partial charge >= 0.3 is 0 Å². The minimum Gasteiger partial charge on any atom is -0.329 e. The second-order valence-electron chi connectivity index (χ2n) is 1.81. The van der Waals surface area contributed by atoms with Gasteiger partial charge in [0.15, 0.2) is 0 Å². The van der Waals surface area contributed by atoms with E-state index in [1.54, 1.807) is 0 Å². The Bertz CT molecular complexity index is 131. The van der Waals surface area contributed by atoms with Gasteiger partial charge in [-0.05, 0) is 12.2 Å². The molecule has 3 heteroatoms. The van der Waals surface area contributed by atoms with Crippen molar-refractivity contribution in [3.8, 4) is 0 Å². The van der Waals surface area contributed by atoms with Gasteiger partial charge in [0.2, 0.25) is 7.37 Å². The summed E-state index contributed by atoms with van der Waals surface area (Å²) in [6.07, 6.45) is 1.48. The second kappa shape index (κ2) is 3.86. The lowest BCUT2D eigenvalue weighted by atomic mass is 10.6. The monoisotopic (exact) mass is 148 g/mol. The fraction of sp³-hybridized carbons (Fsp3) is 0.667. The summed E-state index contributed by atoms with van der Waals surface area (Å²) >= 11 is 0. The smallest absolute Gasteiger partial charge is 0.224 e. The normalized spacial score (nSPS) is 16.7. The van der Waals surface area contributed by atoms with Gasteiger partial charge in [-0.25, -0.2) is 0 Å². The van der Waals surface area contributed by atoms with Crippen LogP contribution in [-0.4, -0.2) is 13.3 Å². The van der Waals surface area contributed by atoms with Gasteiger partial charge in [-0.1, -0.05) is 13.5 Å². The van der Waals surface area contributed by atoms with Crippen LogP contribution >= 0.6 is 7.37 Å². The van der Waals surface area contributed by atoms with Gasteiger partial charge in [0.05, 0.1) is 0 Å². The highest BCUT2D eigenvalue weighted by Gasteiger charge is 2.13. The van der Waals surface area contributed by atoms with E-state index in [0.717, 1.165) is 6.42 Å². The standard InChI is InChI=1S/C6H13O2P/c1-4-6-9(7,5-2)8-3/h5H,2,4,6H2,1,3H3. The Labute approximate surface area is 56.4 Å². The van der Waals surface area contributed by atoms with E-state index in [0.29, 0.717) is 6.16 Å². The molecule has 0 saturated heterocycles. The van der Waals surface area contributed by atoms with Crippen LogP contribution in [-0.2, 0) is 9.09 Å². The molecule has 0 spiro atoms. The minimum absolute atomic E-state index is 0.604. The molecule has 0 rings (SSSR count). The van der Waals surface area contributed by atoms with Crippen molar-refractivity contribution in [1.82, 2.24) is 0 Å². The summed E-state index contributed by atoms with van der Waals surface area (Å²) in [4.78, 5) is 0. The molecule has 2 nitrogen and oxygen atoms in total. The van der Waals surface area contributed by atoms with Crippen LogP contribution in [0.3, 0.4) is 0 Å². The van der Waals surface area contributed by atoms with Crippen LogP contribution in [0.2, 0.25) is 0 Å². The van der Waals surface area contributed by atoms with Crippen molar-refractivity contribution in [3.63, 3.8) is 0 Å². The zero-order valence-corrected chi connectivity index (χ0v) is 6.86. The first-order valence-electron chi connectivity index (χ1n) is 2.96. The third-order valence-electron chi connectivity index (χ3n) is 1.12. The van der Waals surface area contributed by atoms with E-state index in [2.05, 4.69) is 6.58 Å². The summed E-state index contributed by atoms with van der Waals surface area (Å²) in [5.41, 5.74) is 0. The molecule has 0 N–H and O–H groups in total. The Morgan fingerprint density at radius 1 is 1.78 bits per heavy atom. The maximum Gasteiger partial charge on any atom is 0.224 e. The van der Waals surface area contributed by atoms with Gasteiger partial charge in [0, 0.05) is 13.3 Å². The fourth-order valence-electron chi connectivity index (χ4n) is 0.569. The largest absolute Gasteiger partial charge is 0.329 e. The van der Waals surface area contributed by atoms with Crippen LogP contribution in [0.15, 0.2) is 12.4 Å². The average molecular weight is 148 g/mol. The van der Waals surface area contributed by atoms with Gasteiger partial charge in [0.25, 0.3) is 0 Å². The van der Waals surface area contributed by atoms with Crippen LogP contribution in [0.4, 0.5) is 0 Å². The SMILES string of the molecule is C=CP(=O)(CCC)OC. The summed E-state index contributed by atoms with van der Waals surface area (Å²) < 4.78 is 16.0. The van der Waals surface area contributed by atoms with E-state index >= 15 is 0 Å². The highest BCUT2D eigenvalue weighted by molar-refractivity contribution is 7.62. The highest BCUT2D eigenvalue weighted by atomic mass is 31.2. The first kappa shape index (κ1) is 8.93. The molecule has 0 fully saturated rings. The molecule has 0 amide bonds. The van der Waals surface area contributed by atoms with Crippen molar-refractivity contribution in [3.05, 3.63) is 12.4 Å². The van der Waals surface area contributed by atoms with Crippen molar-refractivity contribution >= 4 is 7.37 Å². The van der Waals surface area contributed by atoms with E-state index in [9.17, 15) is 4.57 Å². The van der Waals surface area contributed by atoms with E-state index in [4.69, 9.17) is 4.52 Å². The van der Waals surface area contributed by atoms with Crippen molar-refractivity contribution in [2.75, 3.05) is 13.3 Å². The molecule has 0 bridgehead atoms. The van der Waals surface area contributed by atoms with E-state index in [-0.39, 0.29) is 0 Å². The molecule has 0 aromatic heterocycles. The first-order chi connectivity index (χ1) is 4.18. The number of hydrogen-bond donors (Lipinski definition) is 0. The third-order valence-corrected chi connectivity index (χ3v) is 3.37. The van der Waals surface area contributed by atoms with Gasteiger partial charge < -0.3 is 4.52 Å². The van der Waals surface area contributed by atoms with Crippen molar-refractivity contribution < 1.29 is 9.09 Å². The molecule has 0 aliphatic heterocycles. The lowest BCUT2D eigenvalue weighted by Crippen LogP contribution is -1.85. The van der Waals surface area contributed by atoms with Crippen LogP contribution in [0.1, 0.15) is 13.3 Å². The third kappa shape index (κ3) is 2.83. The zero-order chi connectivity index (χ0) is 7.33. The Morgan fingerprint density at radius 2 is 2.33 bits per heavy atom. The van der Waals surface area contributed by atoms with Crippen LogP contribution in [0.5, 0.6) is 0 Å². The topological polar surface area (TPSA) is 26.3 Å². The second-order valence-corrected chi connectivity index (χ2v) is 4.44. The summed E-state index contributed by atoms with van der Waals surface area (Å²) in [6.45, 7) is 5.40. The Hall–Kier alpha value is -0.0700. The molecule has 0 aliphatic carbocycles. The maximum atomic E-state index is 11.2. The zero-order valence-electron chi connectivity index (χ0n) is 5.96. The molecule has 9 heavy (non-hydrogen) atoms. The quantitative estimate of drug-likeness (QED) is 0.572. The van der Waals surface area contributed by atoms with Crippen molar-refractivity contribution in [2.24, 2.45) is 0 Å². The molecule has 1 unspecified atom stereocenters. The predicted molar refractivity (Wildman–Crippen MR) is 40.0 cm³/mol. The van der Waals surface area contributed by atoms with Gasteiger partial charge in [-0.15, -0.1) is 0 Å². The van der Waals surface area contributed by atoms with E-state index in [1.807, 2.05) is 6.92 Å². The van der Waals surface area contributed by atoms with E-state index in [1.165, 1.54) is 12.9 Å². The molecule has 0 radical (unpaired) electrons.